The van der Waals surface area contributed by atoms with Gasteiger partial charge in [0.25, 0.3) is 11.5 Å². The number of carbonyl (C=O) groups excluding carboxylic acids is 1. The van der Waals surface area contributed by atoms with Gasteiger partial charge in [-0.05, 0) is 23.8 Å². The molecule has 0 fully saturated rings. The molecule has 0 atom stereocenters. The molecule has 5 nitrogen and oxygen atoms in total. The van der Waals surface area contributed by atoms with Gasteiger partial charge in [0.2, 0.25) is 0 Å². The van der Waals surface area contributed by atoms with Crippen LogP contribution in [0.3, 0.4) is 0 Å². The summed E-state index contributed by atoms with van der Waals surface area (Å²) in [5.41, 5.74) is 3.96. The predicted molar refractivity (Wildman–Crippen MR) is 112 cm³/mol. The highest BCUT2D eigenvalue weighted by Gasteiger charge is 2.13. The predicted octanol–water partition coefficient (Wildman–Crippen LogP) is 4.62. The molecular weight excluding hydrogens is 402 g/mol. The number of rotatable bonds is 4. The summed E-state index contributed by atoms with van der Waals surface area (Å²) < 4.78 is 1.75. The van der Waals surface area contributed by atoms with Crippen molar-refractivity contribution in [3.8, 4) is 11.1 Å². The third-order valence-electron chi connectivity index (χ3n) is 3.80. The minimum Gasteiger partial charge on any atom is -0.268 e. The van der Waals surface area contributed by atoms with Crippen LogP contribution < -0.4 is 11.0 Å². The molecule has 4 rings (SSSR count). The fraction of sp³-hybridized carbons (Fsp3) is 0. The highest BCUT2D eigenvalue weighted by atomic mass is 35.5. The Morgan fingerprint density at radius 1 is 1.19 bits per heavy atom. The van der Waals surface area contributed by atoms with E-state index in [1.807, 2.05) is 41.8 Å². The molecule has 0 unspecified atom stereocenters. The lowest BCUT2D eigenvalue weighted by atomic mass is 10.1. The molecule has 0 aliphatic rings. The molecule has 27 heavy (non-hydrogen) atoms. The maximum Gasteiger partial charge on any atom is 0.281 e. The highest BCUT2D eigenvalue weighted by molar-refractivity contribution is 7.17. The number of nitrogens with zero attached hydrogens (tertiary/aromatic N) is 2. The van der Waals surface area contributed by atoms with Crippen molar-refractivity contribution in [3.63, 3.8) is 0 Å². The second-order valence-electron chi connectivity index (χ2n) is 5.57. The van der Waals surface area contributed by atoms with Gasteiger partial charge >= 0.3 is 0 Å². The number of thiophene rings is 2. The number of aromatic nitrogens is 2. The monoisotopic (exact) mass is 413 g/mol. The molecule has 0 aliphatic carbocycles. The summed E-state index contributed by atoms with van der Waals surface area (Å²) in [6, 6.07) is 13.2. The van der Waals surface area contributed by atoms with Crippen LogP contribution in [0.4, 0.5) is 0 Å². The molecule has 134 valence electrons. The zero-order chi connectivity index (χ0) is 18.8. The van der Waals surface area contributed by atoms with Gasteiger partial charge in [-0.2, -0.15) is 0 Å². The first-order chi connectivity index (χ1) is 13.1. The minimum absolute atomic E-state index is 0.318. The van der Waals surface area contributed by atoms with E-state index < -0.39 is 5.91 Å². The topological polar surface area (TPSA) is 64.0 Å². The standard InChI is InChI=1S/C19H12ClN3O2S2/c20-15-8-6-13(27-15)7-9-16(24)22-23-11-21-18-17(19(23)25)14(10-26-18)12-4-2-1-3-5-12/h1-11H,(H,22,24). The van der Waals surface area contributed by atoms with Gasteiger partial charge in [-0.3, -0.25) is 15.0 Å². The van der Waals surface area contributed by atoms with Gasteiger partial charge in [-0.25, -0.2) is 9.66 Å². The summed E-state index contributed by atoms with van der Waals surface area (Å²) in [4.78, 5) is 30.8. The first-order valence-corrected chi connectivity index (χ1v) is 9.98. The molecular formula is C19H12ClN3O2S2. The van der Waals surface area contributed by atoms with Crippen LogP contribution in [0.1, 0.15) is 4.88 Å². The van der Waals surface area contributed by atoms with E-state index >= 15 is 0 Å². The van der Waals surface area contributed by atoms with Gasteiger partial charge in [-0.15, -0.1) is 22.7 Å². The van der Waals surface area contributed by atoms with Crippen LogP contribution in [-0.2, 0) is 4.79 Å². The Balaban J connectivity index is 1.65. The zero-order valence-corrected chi connectivity index (χ0v) is 16.1. The molecule has 0 saturated carbocycles. The molecule has 1 aromatic carbocycles. The number of nitrogens with one attached hydrogen (secondary N) is 1. The maximum atomic E-state index is 12.9. The molecule has 3 heterocycles. The largest absolute Gasteiger partial charge is 0.281 e. The lowest BCUT2D eigenvalue weighted by Gasteiger charge is -2.06. The molecule has 8 heteroatoms. The van der Waals surface area contributed by atoms with E-state index in [4.69, 9.17) is 11.6 Å². The Morgan fingerprint density at radius 2 is 2.00 bits per heavy atom. The lowest BCUT2D eigenvalue weighted by molar-refractivity contribution is -0.112. The number of halogens is 1. The summed E-state index contributed by atoms with van der Waals surface area (Å²) in [5, 5.41) is 2.39. The number of fused-ring (bicyclic) bond motifs is 1. The number of amides is 1. The van der Waals surface area contributed by atoms with Gasteiger partial charge in [0.15, 0.2) is 0 Å². The van der Waals surface area contributed by atoms with Crippen molar-refractivity contribution in [1.82, 2.24) is 9.66 Å². The van der Waals surface area contributed by atoms with E-state index in [1.54, 1.807) is 12.1 Å². The van der Waals surface area contributed by atoms with Crippen LogP contribution >= 0.6 is 34.3 Å². The van der Waals surface area contributed by atoms with E-state index in [0.717, 1.165) is 20.7 Å². The van der Waals surface area contributed by atoms with Gasteiger partial charge in [0, 0.05) is 21.9 Å². The number of benzene rings is 1. The quantitative estimate of drug-likeness (QED) is 0.496. The lowest BCUT2D eigenvalue weighted by Crippen LogP contribution is -2.32. The van der Waals surface area contributed by atoms with Crippen molar-refractivity contribution in [2.75, 3.05) is 5.43 Å². The molecule has 1 amide bonds. The minimum atomic E-state index is -0.431. The Labute approximate surface area is 167 Å². The second-order valence-corrected chi connectivity index (χ2v) is 8.17. The smallest absolute Gasteiger partial charge is 0.268 e. The Hall–Kier alpha value is -2.74. The van der Waals surface area contributed by atoms with Gasteiger partial charge in [0.05, 0.1) is 9.72 Å². The van der Waals surface area contributed by atoms with Crippen molar-refractivity contribution in [2.45, 2.75) is 0 Å². The molecule has 1 N–H and O–H groups in total. The zero-order valence-electron chi connectivity index (χ0n) is 13.8. The van der Waals surface area contributed by atoms with Crippen LogP contribution in [0.2, 0.25) is 4.34 Å². The Morgan fingerprint density at radius 3 is 2.74 bits per heavy atom. The van der Waals surface area contributed by atoms with Crippen molar-refractivity contribution in [1.29, 1.82) is 0 Å². The Bertz CT molecular complexity index is 1210. The summed E-state index contributed by atoms with van der Waals surface area (Å²) in [6.45, 7) is 0. The van der Waals surface area contributed by atoms with Crippen LogP contribution in [-0.4, -0.2) is 15.6 Å². The van der Waals surface area contributed by atoms with Crippen LogP contribution in [0.15, 0.2) is 65.0 Å². The summed E-state index contributed by atoms with van der Waals surface area (Å²) in [5.74, 6) is -0.431. The van der Waals surface area contributed by atoms with E-state index in [1.165, 1.54) is 35.1 Å². The number of hydrogen-bond donors (Lipinski definition) is 1. The normalized spacial score (nSPS) is 11.3. The average molecular weight is 414 g/mol. The van der Waals surface area contributed by atoms with Crippen molar-refractivity contribution < 1.29 is 4.79 Å². The SMILES string of the molecule is O=C(C=Cc1ccc(Cl)s1)Nn1cnc2scc(-c3ccccc3)c2c1=O. The van der Waals surface area contributed by atoms with E-state index in [2.05, 4.69) is 10.4 Å². The van der Waals surface area contributed by atoms with Crippen molar-refractivity contribution in [2.24, 2.45) is 0 Å². The second kappa shape index (κ2) is 7.48. The maximum absolute atomic E-state index is 12.9. The molecule has 4 aromatic rings. The first kappa shape index (κ1) is 17.7. The Kier molecular flexibility index (Phi) is 4.89. The molecule has 0 aliphatic heterocycles. The summed E-state index contributed by atoms with van der Waals surface area (Å²) in [7, 11) is 0. The third-order valence-corrected chi connectivity index (χ3v) is 5.89. The van der Waals surface area contributed by atoms with E-state index in [-0.39, 0.29) is 5.56 Å². The van der Waals surface area contributed by atoms with E-state index in [0.29, 0.717) is 14.6 Å². The van der Waals surface area contributed by atoms with Crippen molar-refractivity contribution in [3.05, 3.63) is 79.8 Å². The molecule has 0 radical (unpaired) electrons. The number of hydrogen-bond acceptors (Lipinski definition) is 5. The van der Waals surface area contributed by atoms with Gasteiger partial charge in [0.1, 0.15) is 11.2 Å². The summed E-state index contributed by atoms with van der Waals surface area (Å²) in [6.07, 6.45) is 4.32. The van der Waals surface area contributed by atoms with Crippen molar-refractivity contribution >= 4 is 56.5 Å². The highest BCUT2D eigenvalue weighted by Crippen LogP contribution is 2.30. The van der Waals surface area contributed by atoms with Crippen LogP contribution in [0, 0.1) is 0 Å². The van der Waals surface area contributed by atoms with Crippen LogP contribution in [0.5, 0.6) is 0 Å². The molecule has 0 spiro atoms. The average Bonchev–Trinajstić information content (AvgIpc) is 3.29. The molecule has 3 aromatic heterocycles. The van der Waals surface area contributed by atoms with Crippen LogP contribution in [0.25, 0.3) is 27.4 Å². The summed E-state index contributed by atoms with van der Waals surface area (Å²) >= 11 is 8.63. The fourth-order valence-electron chi connectivity index (χ4n) is 2.57. The molecule has 0 bridgehead atoms. The molecule has 0 saturated heterocycles. The van der Waals surface area contributed by atoms with E-state index in [9.17, 15) is 9.59 Å². The first-order valence-electron chi connectivity index (χ1n) is 7.90. The van der Waals surface area contributed by atoms with Gasteiger partial charge in [-0.1, -0.05) is 41.9 Å². The number of carbonyl (C=O) groups is 1. The van der Waals surface area contributed by atoms with Gasteiger partial charge < -0.3 is 0 Å². The third kappa shape index (κ3) is 3.71. The fourth-order valence-corrected chi connectivity index (χ4v) is 4.44.